The number of rotatable bonds is 11. The van der Waals surface area contributed by atoms with Gasteiger partial charge < -0.3 is 5.32 Å². The second-order valence-electron chi connectivity index (χ2n) is 7.18. The fourth-order valence-electron chi connectivity index (χ4n) is 3.28. The highest BCUT2D eigenvalue weighted by Gasteiger charge is 2.15. The van der Waals surface area contributed by atoms with Gasteiger partial charge in [-0.15, -0.1) is 0 Å². The Morgan fingerprint density at radius 2 is 1.76 bits per heavy atom. The van der Waals surface area contributed by atoms with Crippen molar-refractivity contribution >= 4 is 11.6 Å². The third kappa shape index (κ3) is 6.12. The summed E-state index contributed by atoms with van der Waals surface area (Å²) in [7, 11) is 0. The average Bonchev–Trinajstić information content (AvgIpc) is 3.13. The van der Waals surface area contributed by atoms with Gasteiger partial charge in [-0.05, 0) is 25.1 Å². The highest BCUT2D eigenvalue weighted by molar-refractivity contribution is 6.31. The topological polar surface area (TPSA) is 42.7 Å². The third-order valence-electron chi connectivity index (χ3n) is 4.88. The monoisotopic (exact) mass is 414 g/mol. The molecule has 0 spiro atoms. The van der Waals surface area contributed by atoms with Crippen LogP contribution in [0.2, 0.25) is 5.02 Å². The summed E-state index contributed by atoms with van der Waals surface area (Å²) < 4.78 is 14.2. The first-order chi connectivity index (χ1) is 14.2. The number of hydrogen-bond acceptors (Lipinski definition) is 3. The Balaban J connectivity index is 1.72. The van der Waals surface area contributed by atoms with Crippen molar-refractivity contribution in [2.45, 2.75) is 52.1 Å². The lowest BCUT2D eigenvalue weighted by molar-refractivity contribution is 0.539. The van der Waals surface area contributed by atoms with Gasteiger partial charge in [0, 0.05) is 22.7 Å². The minimum atomic E-state index is -0.345. The Morgan fingerprint density at radius 1 is 0.966 bits per heavy atom. The maximum atomic E-state index is 14.2. The molecule has 0 unspecified atom stereocenters. The first-order valence-electron chi connectivity index (χ1n) is 10.3. The molecular formula is C23H28ClFN4. The van der Waals surface area contributed by atoms with E-state index in [0.717, 1.165) is 29.9 Å². The Hall–Kier alpha value is -2.24. The van der Waals surface area contributed by atoms with Gasteiger partial charge >= 0.3 is 0 Å². The van der Waals surface area contributed by atoms with Crippen LogP contribution in [0.5, 0.6) is 0 Å². The fourth-order valence-corrected chi connectivity index (χ4v) is 3.50. The zero-order valence-corrected chi connectivity index (χ0v) is 17.6. The molecule has 1 N–H and O–H groups in total. The molecule has 0 bridgehead atoms. The van der Waals surface area contributed by atoms with Gasteiger partial charge in [0.2, 0.25) is 0 Å². The molecule has 0 radical (unpaired) electrons. The van der Waals surface area contributed by atoms with E-state index in [4.69, 9.17) is 11.6 Å². The molecule has 0 aliphatic carbocycles. The predicted octanol–water partition coefficient (Wildman–Crippen LogP) is 5.85. The third-order valence-corrected chi connectivity index (χ3v) is 5.24. The summed E-state index contributed by atoms with van der Waals surface area (Å²) in [6, 6.07) is 14.6. The first kappa shape index (κ1) is 21.5. The van der Waals surface area contributed by atoms with Gasteiger partial charge in [-0.1, -0.05) is 80.6 Å². The van der Waals surface area contributed by atoms with Gasteiger partial charge in [0.05, 0.1) is 6.54 Å². The van der Waals surface area contributed by atoms with Crippen LogP contribution in [0.3, 0.4) is 0 Å². The molecule has 154 valence electrons. The van der Waals surface area contributed by atoms with Crippen molar-refractivity contribution in [2.75, 3.05) is 6.54 Å². The zero-order valence-electron chi connectivity index (χ0n) is 16.9. The highest BCUT2D eigenvalue weighted by Crippen LogP contribution is 2.23. The Kier molecular flexibility index (Phi) is 8.20. The van der Waals surface area contributed by atoms with Crippen LogP contribution in [0.1, 0.15) is 50.3 Å². The molecule has 0 aliphatic rings. The number of unbranched alkanes of at least 4 members (excludes halogenated alkanes) is 4. The van der Waals surface area contributed by atoms with Crippen LogP contribution in [0.25, 0.3) is 11.3 Å². The number of aromatic nitrogens is 3. The van der Waals surface area contributed by atoms with E-state index in [2.05, 4.69) is 22.4 Å². The summed E-state index contributed by atoms with van der Waals surface area (Å²) in [5.41, 5.74) is 3.08. The number of halogens is 2. The number of nitrogens with zero attached hydrogens (tertiary/aromatic N) is 3. The fraction of sp³-hybridized carbons (Fsp3) is 0.391. The highest BCUT2D eigenvalue weighted by atomic mass is 35.5. The number of nitrogens with one attached hydrogen (secondary N) is 1. The number of hydrogen-bond donors (Lipinski definition) is 1. The van der Waals surface area contributed by atoms with E-state index in [1.165, 1.54) is 36.5 Å². The van der Waals surface area contributed by atoms with Gasteiger partial charge in [0.25, 0.3) is 0 Å². The van der Waals surface area contributed by atoms with Gasteiger partial charge in [-0.2, -0.15) is 15.0 Å². The smallest absolute Gasteiger partial charge is 0.129 e. The van der Waals surface area contributed by atoms with Crippen LogP contribution < -0.4 is 5.32 Å². The lowest BCUT2D eigenvalue weighted by Gasteiger charge is -2.05. The lowest BCUT2D eigenvalue weighted by Crippen LogP contribution is -2.16. The molecule has 3 rings (SSSR count). The van der Waals surface area contributed by atoms with E-state index in [1.54, 1.807) is 12.1 Å². The SMILES string of the molecule is CCCCCCCNCc1nn(Cc2c(F)cccc2Cl)nc1-c1ccccc1. The van der Waals surface area contributed by atoms with Crippen LogP contribution in [0.4, 0.5) is 4.39 Å². The molecule has 0 atom stereocenters. The molecule has 3 aromatic rings. The van der Waals surface area contributed by atoms with Crippen molar-refractivity contribution in [2.24, 2.45) is 0 Å². The van der Waals surface area contributed by atoms with Crippen molar-refractivity contribution in [3.63, 3.8) is 0 Å². The van der Waals surface area contributed by atoms with Crippen LogP contribution in [-0.2, 0) is 13.1 Å². The van der Waals surface area contributed by atoms with Crippen molar-refractivity contribution < 1.29 is 4.39 Å². The average molecular weight is 415 g/mol. The second-order valence-corrected chi connectivity index (χ2v) is 7.59. The van der Waals surface area contributed by atoms with Gasteiger partial charge in [-0.3, -0.25) is 0 Å². The van der Waals surface area contributed by atoms with E-state index < -0.39 is 0 Å². The van der Waals surface area contributed by atoms with Crippen molar-refractivity contribution in [1.29, 1.82) is 0 Å². The Bertz CT molecular complexity index is 875. The molecule has 1 aromatic heterocycles. The second kappa shape index (κ2) is 11.1. The molecule has 2 aromatic carbocycles. The Morgan fingerprint density at radius 3 is 2.52 bits per heavy atom. The molecule has 0 saturated carbocycles. The van der Waals surface area contributed by atoms with Crippen molar-refractivity contribution in [1.82, 2.24) is 20.3 Å². The van der Waals surface area contributed by atoms with Crippen LogP contribution >= 0.6 is 11.6 Å². The lowest BCUT2D eigenvalue weighted by atomic mass is 10.1. The minimum absolute atomic E-state index is 0.197. The maximum Gasteiger partial charge on any atom is 0.129 e. The zero-order chi connectivity index (χ0) is 20.5. The summed E-state index contributed by atoms with van der Waals surface area (Å²) in [5.74, 6) is -0.345. The summed E-state index contributed by atoms with van der Waals surface area (Å²) in [4.78, 5) is 1.53. The van der Waals surface area contributed by atoms with E-state index in [0.29, 0.717) is 17.1 Å². The van der Waals surface area contributed by atoms with E-state index >= 15 is 0 Å². The summed E-state index contributed by atoms with van der Waals surface area (Å²) in [5, 5.41) is 13.1. The van der Waals surface area contributed by atoms with Crippen LogP contribution in [0.15, 0.2) is 48.5 Å². The largest absolute Gasteiger partial charge is 0.311 e. The molecule has 1 heterocycles. The van der Waals surface area contributed by atoms with Gasteiger partial charge in [0.1, 0.15) is 17.2 Å². The molecular weight excluding hydrogens is 387 g/mol. The minimum Gasteiger partial charge on any atom is -0.311 e. The maximum absolute atomic E-state index is 14.2. The van der Waals surface area contributed by atoms with Crippen LogP contribution in [-0.4, -0.2) is 21.5 Å². The summed E-state index contributed by atoms with van der Waals surface area (Å²) in [6.07, 6.45) is 6.23. The number of benzene rings is 2. The molecule has 0 aliphatic heterocycles. The van der Waals surface area contributed by atoms with Crippen molar-refractivity contribution in [3.05, 3.63) is 70.6 Å². The van der Waals surface area contributed by atoms with E-state index in [-0.39, 0.29) is 12.4 Å². The molecule has 0 saturated heterocycles. The quantitative estimate of drug-likeness (QED) is 0.400. The van der Waals surface area contributed by atoms with Gasteiger partial charge in [-0.25, -0.2) is 4.39 Å². The molecule has 6 heteroatoms. The molecule has 4 nitrogen and oxygen atoms in total. The normalized spacial score (nSPS) is 11.1. The summed E-state index contributed by atoms with van der Waals surface area (Å²) in [6.45, 7) is 4.00. The standard InChI is InChI=1S/C23H28ClFN4/c1-2-3-4-5-9-15-26-16-22-23(18-11-7-6-8-12-18)28-29(27-22)17-19-20(24)13-10-14-21(19)25/h6-8,10-14,26H,2-5,9,15-17H2,1H3. The predicted molar refractivity (Wildman–Crippen MR) is 116 cm³/mol. The van der Waals surface area contributed by atoms with E-state index in [9.17, 15) is 4.39 Å². The summed E-state index contributed by atoms with van der Waals surface area (Å²) >= 11 is 6.18. The molecule has 29 heavy (non-hydrogen) atoms. The van der Waals surface area contributed by atoms with Crippen molar-refractivity contribution in [3.8, 4) is 11.3 Å². The molecule has 0 fully saturated rings. The van der Waals surface area contributed by atoms with Crippen LogP contribution in [0, 0.1) is 5.82 Å². The molecule has 0 amide bonds. The first-order valence-corrected chi connectivity index (χ1v) is 10.7. The Labute approximate surface area is 177 Å². The van der Waals surface area contributed by atoms with E-state index in [1.807, 2.05) is 30.3 Å². The van der Waals surface area contributed by atoms with Gasteiger partial charge in [0.15, 0.2) is 0 Å².